The number of carbonyl (C=O) groups excluding carboxylic acids is 2. The second-order valence-corrected chi connectivity index (χ2v) is 6.26. The Kier molecular flexibility index (Phi) is 9.21. The van der Waals surface area contributed by atoms with Crippen molar-refractivity contribution in [3.8, 4) is 0 Å². The van der Waals surface area contributed by atoms with Crippen molar-refractivity contribution in [1.29, 1.82) is 0 Å². The van der Waals surface area contributed by atoms with E-state index in [1.54, 1.807) is 14.0 Å². The van der Waals surface area contributed by atoms with Crippen molar-refractivity contribution in [3.63, 3.8) is 0 Å². The summed E-state index contributed by atoms with van der Waals surface area (Å²) in [6.07, 6.45) is 0.702. The summed E-state index contributed by atoms with van der Waals surface area (Å²) in [5.41, 5.74) is 0. The first-order chi connectivity index (χ1) is 9.72. The van der Waals surface area contributed by atoms with Gasteiger partial charge >= 0.3 is 0 Å². The number of hydrogen-bond donors (Lipinski definition) is 4. The zero-order valence-corrected chi connectivity index (χ0v) is 14.1. The molecule has 0 rings (SSSR count). The van der Waals surface area contributed by atoms with Crippen LogP contribution in [-0.4, -0.2) is 48.7 Å². The van der Waals surface area contributed by atoms with Crippen LogP contribution in [0.1, 0.15) is 41.0 Å². The van der Waals surface area contributed by atoms with Crippen molar-refractivity contribution in [3.05, 3.63) is 0 Å². The third-order valence-electron chi connectivity index (χ3n) is 3.33. The van der Waals surface area contributed by atoms with Gasteiger partial charge in [-0.25, -0.2) is 0 Å². The summed E-state index contributed by atoms with van der Waals surface area (Å²) in [4.78, 5) is 24.1. The third-order valence-corrected chi connectivity index (χ3v) is 3.33. The van der Waals surface area contributed by atoms with E-state index in [0.717, 1.165) is 0 Å². The molecular formula is C15H31N3O3. The van der Waals surface area contributed by atoms with Gasteiger partial charge in [0.1, 0.15) is 6.04 Å². The molecule has 0 heterocycles. The molecule has 2 amide bonds. The van der Waals surface area contributed by atoms with Crippen molar-refractivity contribution in [2.45, 2.75) is 59.2 Å². The van der Waals surface area contributed by atoms with E-state index in [1.807, 2.05) is 27.7 Å². The Bertz CT molecular complexity index is 332. The molecule has 0 bridgehead atoms. The molecule has 6 heteroatoms. The lowest BCUT2D eigenvalue weighted by molar-refractivity contribution is -0.130. The lowest BCUT2D eigenvalue weighted by Crippen LogP contribution is -2.54. The Hall–Kier alpha value is -1.14. The van der Waals surface area contributed by atoms with Gasteiger partial charge in [-0.15, -0.1) is 0 Å². The van der Waals surface area contributed by atoms with E-state index in [1.165, 1.54) is 0 Å². The first kappa shape index (κ1) is 19.9. The smallest absolute Gasteiger partial charge is 0.242 e. The van der Waals surface area contributed by atoms with Gasteiger partial charge in [-0.05, 0) is 32.2 Å². The minimum Gasteiger partial charge on any atom is -0.394 e. The van der Waals surface area contributed by atoms with Crippen LogP contribution >= 0.6 is 0 Å². The minimum absolute atomic E-state index is 0.101. The highest BCUT2D eigenvalue weighted by Crippen LogP contribution is 2.05. The molecule has 6 nitrogen and oxygen atoms in total. The van der Waals surface area contributed by atoms with E-state index >= 15 is 0 Å². The van der Waals surface area contributed by atoms with Gasteiger partial charge in [0.25, 0.3) is 0 Å². The van der Waals surface area contributed by atoms with Gasteiger partial charge in [-0.3, -0.25) is 9.59 Å². The number of rotatable bonds is 9. The molecule has 0 spiro atoms. The molecule has 0 aliphatic heterocycles. The first-order valence-electron chi connectivity index (χ1n) is 7.61. The average Bonchev–Trinajstić information content (AvgIpc) is 2.37. The van der Waals surface area contributed by atoms with Crippen LogP contribution in [0.4, 0.5) is 0 Å². The molecule has 0 aromatic carbocycles. The molecule has 0 aromatic rings. The summed E-state index contributed by atoms with van der Waals surface area (Å²) in [6, 6.07) is -1.24. The number of likely N-dealkylation sites (N-methyl/N-ethyl adjacent to an activating group) is 1. The van der Waals surface area contributed by atoms with E-state index in [9.17, 15) is 14.7 Å². The average molecular weight is 301 g/mol. The molecule has 3 unspecified atom stereocenters. The maximum Gasteiger partial charge on any atom is 0.242 e. The van der Waals surface area contributed by atoms with Crippen molar-refractivity contribution in [1.82, 2.24) is 16.0 Å². The van der Waals surface area contributed by atoms with E-state index in [-0.39, 0.29) is 36.4 Å². The van der Waals surface area contributed by atoms with Gasteiger partial charge in [0.05, 0.1) is 18.7 Å². The maximum absolute atomic E-state index is 12.1. The van der Waals surface area contributed by atoms with Gasteiger partial charge < -0.3 is 21.1 Å². The molecule has 3 atom stereocenters. The maximum atomic E-state index is 12.1. The zero-order valence-electron chi connectivity index (χ0n) is 14.1. The predicted molar refractivity (Wildman–Crippen MR) is 83.8 cm³/mol. The number of aliphatic hydroxyl groups excluding tert-OH is 1. The fourth-order valence-corrected chi connectivity index (χ4v) is 2.21. The number of amides is 2. The highest BCUT2D eigenvalue weighted by atomic mass is 16.3. The normalized spacial score (nSPS) is 15.7. The number of carbonyl (C=O) groups is 2. The fourth-order valence-electron chi connectivity index (χ4n) is 2.21. The molecule has 0 aliphatic rings. The Balaban J connectivity index is 4.47. The number of aliphatic hydroxyl groups is 1. The van der Waals surface area contributed by atoms with Crippen LogP contribution < -0.4 is 16.0 Å². The SMILES string of the molecule is CNC(C(=O)NC(C)C(=O)NC(CO)CC(C)C)C(C)C. The lowest BCUT2D eigenvalue weighted by Gasteiger charge is -2.24. The van der Waals surface area contributed by atoms with Crippen molar-refractivity contribution >= 4 is 11.8 Å². The lowest BCUT2D eigenvalue weighted by atomic mass is 10.0. The molecule has 0 aliphatic carbocycles. The highest BCUT2D eigenvalue weighted by Gasteiger charge is 2.25. The molecule has 124 valence electrons. The molecule has 21 heavy (non-hydrogen) atoms. The second-order valence-electron chi connectivity index (χ2n) is 6.26. The Labute approximate surface area is 128 Å². The topological polar surface area (TPSA) is 90.5 Å². The van der Waals surface area contributed by atoms with Crippen LogP contribution in [0.15, 0.2) is 0 Å². The molecular weight excluding hydrogens is 270 g/mol. The number of nitrogens with one attached hydrogen (secondary N) is 3. The fraction of sp³-hybridized carbons (Fsp3) is 0.867. The summed E-state index contributed by atoms with van der Waals surface area (Å²) < 4.78 is 0. The Morgan fingerprint density at radius 2 is 1.57 bits per heavy atom. The van der Waals surface area contributed by atoms with Crippen LogP contribution in [0.3, 0.4) is 0 Å². The number of hydrogen-bond acceptors (Lipinski definition) is 4. The van der Waals surface area contributed by atoms with Crippen LogP contribution in [-0.2, 0) is 9.59 Å². The summed E-state index contributed by atoms with van der Waals surface area (Å²) in [7, 11) is 1.72. The van der Waals surface area contributed by atoms with Crippen LogP contribution in [0.2, 0.25) is 0 Å². The third kappa shape index (κ3) is 7.43. The standard InChI is InChI=1S/C15H31N3O3/c1-9(2)7-12(8-19)18-14(20)11(5)17-15(21)13(16-6)10(3)4/h9-13,16,19H,7-8H2,1-6H3,(H,17,21)(H,18,20). The predicted octanol–water partition coefficient (Wildman–Crippen LogP) is 0.258. The van der Waals surface area contributed by atoms with Gasteiger partial charge in [0.15, 0.2) is 0 Å². The van der Waals surface area contributed by atoms with E-state index in [2.05, 4.69) is 16.0 Å². The van der Waals surface area contributed by atoms with Crippen molar-refractivity contribution < 1.29 is 14.7 Å². The highest BCUT2D eigenvalue weighted by molar-refractivity contribution is 5.89. The molecule has 0 radical (unpaired) electrons. The summed E-state index contributed by atoms with van der Waals surface area (Å²) in [5, 5.41) is 17.7. The van der Waals surface area contributed by atoms with E-state index in [0.29, 0.717) is 12.3 Å². The summed E-state index contributed by atoms with van der Waals surface area (Å²) in [5.74, 6) is 0.0413. The van der Waals surface area contributed by atoms with E-state index < -0.39 is 6.04 Å². The molecule has 4 N–H and O–H groups in total. The van der Waals surface area contributed by atoms with Crippen LogP contribution in [0, 0.1) is 11.8 Å². The molecule has 0 fully saturated rings. The van der Waals surface area contributed by atoms with Crippen LogP contribution in [0.25, 0.3) is 0 Å². The van der Waals surface area contributed by atoms with Gasteiger partial charge in [0, 0.05) is 0 Å². The molecule has 0 aromatic heterocycles. The summed E-state index contributed by atoms with van der Waals surface area (Å²) in [6.45, 7) is 9.48. The van der Waals surface area contributed by atoms with Crippen LogP contribution in [0.5, 0.6) is 0 Å². The quantitative estimate of drug-likeness (QED) is 0.492. The molecule has 0 saturated carbocycles. The Morgan fingerprint density at radius 3 is 1.95 bits per heavy atom. The Morgan fingerprint density at radius 1 is 1.00 bits per heavy atom. The molecule has 0 saturated heterocycles. The first-order valence-corrected chi connectivity index (χ1v) is 7.61. The summed E-state index contributed by atoms with van der Waals surface area (Å²) >= 11 is 0. The monoisotopic (exact) mass is 301 g/mol. The zero-order chi connectivity index (χ0) is 16.6. The minimum atomic E-state index is -0.631. The van der Waals surface area contributed by atoms with Gasteiger partial charge in [-0.2, -0.15) is 0 Å². The van der Waals surface area contributed by atoms with Gasteiger partial charge in [-0.1, -0.05) is 27.7 Å². The van der Waals surface area contributed by atoms with Gasteiger partial charge in [0.2, 0.25) is 11.8 Å². The van der Waals surface area contributed by atoms with E-state index in [4.69, 9.17) is 0 Å². The second kappa shape index (κ2) is 9.73. The largest absolute Gasteiger partial charge is 0.394 e. The van der Waals surface area contributed by atoms with Crippen molar-refractivity contribution in [2.75, 3.05) is 13.7 Å². The van der Waals surface area contributed by atoms with Crippen molar-refractivity contribution in [2.24, 2.45) is 11.8 Å².